The first-order chi connectivity index (χ1) is 13.5. The Balaban J connectivity index is 1.56. The van der Waals surface area contributed by atoms with Crippen molar-refractivity contribution in [1.29, 1.82) is 0 Å². The van der Waals surface area contributed by atoms with Crippen LogP contribution in [0.2, 0.25) is 0 Å². The average molecular weight is 382 g/mol. The number of hydrogen-bond donors (Lipinski definition) is 0. The van der Waals surface area contributed by atoms with Gasteiger partial charge in [0.2, 0.25) is 0 Å². The summed E-state index contributed by atoms with van der Waals surface area (Å²) in [6.45, 7) is 5.69. The quantitative estimate of drug-likeness (QED) is 0.798. The van der Waals surface area contributed by atoms with Crippen LogP contribution in [0.15, 0.2) is 48.5 Å². The smallest absolute Gasteiger partial charge is 0.263 e. The number of nitrogens with zero attached hydrogens (tertiary/aromatic N) is 2. The minimum atomic E-state index is -0.564. The van der Waals surface area contributed by atoms with Gasteiger partial charge in [0.1, 0.15) is 11.5 Å². The SMILES string of the molecule is COc1cc(C(=O)N2CCN(C(=O)C(C)Oc3ccccc3)CC2)ccc1C. The Bertz CT molecular complexity index is 830. The highest BCUT2D eigenvalue weighted by Crippen LogP contribution is 2.21. The predicted octanol–water partition coefficient (Wildman–Crippen LogP) is 2.76. The van der Waals surface area contributed by atoms with Gasteiger partial charge in [-0.15, -0.1) is 0 Å². The molecule has 1 saturated heterocycles. The molecule has 1 atom stereocenters. The lowest BCUT2D eigenvalue weighted by Gasteiger charge is -2.36. The molecule has 1 aliphatic rings. The molecule has 0 bridgehead atoms. The van der Waals surface area contributed by atoms with Crippen molar-refractivity contribution in [1.82, 2.24) is 9.80 Å². The summed E-state index contributed by atoms with van der Waals surface area (Å²) < 4.78 is 11.0. The van der Waals surface area contributed by atoms with Crippen LogP contribution in [0.3, 0.4) is 0 Å². The molecule has 1 fully saturated rings. The summed E-state index contributed by atoms with van der Waals surface area (Å²) in [6.07, 6.45) is -0.564. The van der Waals surface area contributed by atoms with E-state index < -0.39 is 6.10 Å². The highest BCUT2D eigenvalue weighted by molar-refractivity contribution is 5.95. The Morgan fingerprint density at radius 1 is 0.964 bits per heavy atom. The molecule has 1 heterocycles. The van der Waals surface area contributed by atoms with Crippen LogP contribution in [0.1, 0.15) is 22.8 Å². The van der Waals surface area contributed by atoms with Crippen molar-refractivity contribution < 1.29 is 19.1 Å². The van der Waals surface area contributed by atoms with Gasteiger partial charge in [0.25, 0.3) is 11.8 Å². The van der Waals surface area contributed by atoms with Gasteiger partial charge >= 0.3 is 0 Å². The first-order valence-corrected chi connectivity index (χ1v) is 9.44. The van der Waals surface area contributed by atoms with Gasteiger partial charge in [0.15, 0.2) is 6.10 Å². The second-order valence-corrected chi connectivity index (χ2v) is 6.88. The van der Waals surface area contributed by atoms with Crippen molar-refractivity contribution in [2.75, 3.05) is 33.3 Å². The zero-order valence-corrected chi connectivity index (χ0v) is 16.6. The molecule has 2 aromatic rings. The van der Waals surface area contributed by atoms with Gasteiger partial charge in [-0.25, -0.2) is 0 Å². The van der Waals surface area contributed by atoms with Crippen LogP contribution >= 0.6 is 0 Å². The van der Waals surface area contributed by atoms with Gasteiger partial charge in [-0.1, -0.05) is 24.3 Å². The number of aryl methyl sites for hydroxylation is 1. The minimum absolute atomic E-state index is 0.0426. The molecule has 28 heavy (non-hydrogen) atoms. The highest BCUT2D eigenvalue weighted by atomic mass is 16.5. The van der Waals surface area contributed by atoms with Crippen molar-refractivity contribution in [3.8, 4) is 11.5 Å². The van der Waals surface area contributed by atoms with Gasteiger partial charge in [-0.2, -0.15) is 0 Å². The van der Waals surface area contributed by atoms with E-state index >= 15 is 0 Å². The van der Waals surface area contributed by atoms with Crippen LogP contribution in [0.5, 0.6) is 11.5 Å². The summed E-state index contributed by atoms with van der Waals surface area (Å²) in [5.41, 5.74) is 1.59. The largest absolute Gasteiger partial charge is 0.496 e. The summed E-state index contributed by atoms with van der Waals surface area (Å²) >= 11 is 0. The van der Waals surface area contributed by atoms with Crippen LogP contribution in [-0.4, -0.2) is 61.0 Å². The highest BCUT2D eigenvalue weighted by Gasteiger charge is 2.28. The van der Waals surface area contributed by atoms with E-state index in [4.69, 9.17) is 9.47 Å². The van der Waals surface area contributed by atoms with Crippen molar-refractivity contribution in [2.45, 2.75) is 20.0 Å². The zero-order valence-electron chi connectivity index (χ0n) is 16.6. The number of benzene rings is 2. The summed E-state index contributed by atoms with van der Waals surface area (Å²) in [4.78, 5) is 29.0. The number of piperazine rings is 1. The maximum atomic E-state index is 12.8. The molecule has 6 nitrogen and oxygen atoms in total. The second kappa shape index (κ2) is 8.78. The fourth-order valence-corrected chi connectivity index (χ4v) is 3.28. The monoisotopic (exact) mass is 382 g/mol. The average Bonchev–Trinajstić information content (AvgIpc) is 2.74. The second-order valence-electron chi connectivity index (χ2n) is 6.88. The summed E-state index contributed by atoms with van der Waals surface area (Å²) in [6, 6.07) is 14.8. The summed E-state index contributed by atoms with van der Waals surface area (Å²) in [5, 5.41) is 0. The van der Waals surface area contributed by atoms with Gasteiger partial charge in [0.05, 0.1) is 7.11 Å². The number of amides is 2. The van der Waals surface area contributed by atoms with Crippen molar-refractivity contribution in [3.63, 3.8) is 0 Å². The third-order valence-corrected chi connectivity index (χ3v) is 4.94. The molecule has 0 aromatic heterocycles. The molecule has 148 valence electrons. The maximum Gasteiger partial charge on any atom is 0.263 e. The van der Waals surface area contributed by atoms with Gasteiger partial charge in [-0.05, 0) is 43.7 Å². The van der Waals surface area contributed by atoms with Gasteiger partial charge in [0, 0.05) is 31.7 Å². The molecule has 2 aromatic carbocycles. The molecule has 0 saturated carbocycles. The number of para-hydroxylation sites is 1. The number of carbonyl (C=O) groups is 2. The first-order valence-electron chi connectivity index (χ1n) is 9.44. The molecule has 1 aliphatic heterocycles. The number of rotatable bonds is 5. The number of methoxy groups -OCH3 is 1. The predicted molar refractivity (Wildman–Crippen MR) is 107 cm³/mol. The Labute approximate surface area is 165 Å². The topological polar surface area (TPSA) is 59.1 Å². The fraction of sp³-hybridized carbons (Fsp3) is 0.364. The molecule has 1 unspecified atom stereocenters. The lowest BCUT2D eigenvalue weighted by molar-refractivity contribution is -0.139. The van der Waals surface area contributed by atoms with Crippen LogP contribution in [0.25, 0.3) is 0 Å². The Morgan fingerprint density at radius 2 is 1.61 bits per heavy atom. The standard InChI is InChI=1S/C22H26N2O4/c1-16-9-10-18(15-20(16)27-3)22(26)24-13-11-23(12-14-24)21(25)17(2)28-19-7-5-4-6-8-19/h4-10,15,17H,11-14H2,1-3H3. The van der Waals surface area contributed by atoms with E-state index in [2.05, 4.69) is 0 Å². The third kappa shape index (κ3) is 4.44. The zero-order chi connectivity index (χ0) is 20.1. The van der Waals surface area contributed by atoms with Crippen LogP contribution in [0, 0.1) is 6.92 Å². The molecule has 2 amide bonds. The van der Waals surface area contributed by atoms with Crippen LogP contribution < -0.4 is 9.47 Å². The summed E-state index contributed by atoms with van der Waals surface area (Å²) in [7, 11) is 1.60. The molecular weight excluding hydrogens is 356 g/mol. The number of hydrogen-bond acceptors (Lipinski definition) is 4. The van der Waals surface area contributed by atoms with Crippen LogP contribution in [0.4, 0.5) is 0 Å². The molecule has 0 radical (unpaired) electrons. The third-order valence-electron chi connectivity index (χ3n) is 4.94. The first kappa shape index (κ1) is 19.7. The summed E-state index contributed by atoms with van der Waals surface area (Å²) in [5.74, 6) is 1.27. The van der Waals surface area contributed by atoms with E-state index in [0.29, 0.717) is 43.2 Å². The van der Waals surface area contributed by atoms with E-state index in [0.717, 1.165) is 5.56 Å². The lowest BCUT2D eigenvalue weighted by atomic mass is 10.1. The van der Waals surface area contributed by atoms with E-state index in [1.165, 1.54) is 0 Å². The Hall–Kier alpha value is -3.02. The molecule has 3 rings (SSSR count). The fourth-order valence-electron chi connectivity index (χ4n) is 3.28. The molecule has 6 heteroatoms. The van der Waals surface area contributed by atoms with E-state index in [9.17, 15) is 9.59 Å². The van der Waals surface area contributed by atoms with Crippen LogP contribution in [-0.2, 0) is 4.79 Å². The van der Waals surface area contributed by atoms with Gasteiger partial charge < -0.3 is 19.3 Å². The molecule has 0 N–H and O–H groups in total. The molecule has 0 aliphatic carbocycles. The van der Waals surface area contributed by atoms with E-state index in [1.807, 2.05) is 49.4 Å². The van der Waals surface area contributed by atoms with E-state index in [1.54, 1.807) is 29.9 Å². The van der Waals surface area contributed by atoms with Crippen molar-refractivity contribution in [3.05, 3.63) is 59.7 Å². The van der Waals surface area contributed by atoms with E-state index in [-0.39, 0.29) is 11.8 Å². The lowest BCUT2D eigenvalue weighted by Crippen LogP contribution is -2.53. The number of ether oxygens (including phenoxy) is 2. The molecular formula is C22H26N2O4. The minimum Gasteiger partial charge on any atom is -0.496 e. The van der Waals surface area contributed by atoms with Gasteiger partial charge in [-0.3, -0.25) is 9.59 Å². The van der Waals surface area contributed by atoms with Crippen molar-refractivity contribution in [2.24, 2.45) is 0 Å². The maximum absolute atomic E-state index is 12.8. The number of carbonyl (C=O) groups excluding carboxylic acids is 2. The molecule has 0 spiro atoms. The Morgan fingerprint density at radius 3 is 2.25 bits per heavy atom. The normalized spacial score (nSPS) is 15.1. The Kier molecular flexibility index (Phi) is 6.19. The van der Waals surface area contributed by atoms with Crippen molar-refractivity contribution >= 4 is 11.8 Å².